The lowest BCUT2D eigenvalue weighted by Crippen LogP contribution is -2.52. The van der Waals surface area contributed by atoms with Crippen LogP contribution in [0.4, 0.5) is 0 Å². The van der Waals surface area contributed by atoms with Crippen molar-refractivity contribution in [3.63, 3.8) is 0 Å². The molecule has 1 heterocycles. The predicted octanol–water partition coefficient (Wildman–Crippen LogP) is 2.19. The second kappa shape index (κ2) is 8.63. The maximum Gasteiger partial charge on any atom is 0.251 e. The number of rotatable bonds is 5. The van der Waals surface area contributed by atoms with Crippen molar-refractivity contribution in [3.8, 4) is 0 Å². The number of benzene rings is 2. The van der Waals surface area contributed by atoms with Crippen LogP contribution >= 0.6 is 0 Å². The third kappa shape index (κ3) is 4.70. The first kappa shape index (κ1) is 18.1. The van der Waals surface area contributed by atoms with Crippen LogP contribution in [0.1, 0.15) is 21.5 Å². The Bertz CT molecular complexity index is 755. The van der Waals surface area contributed by atoms with Gasteiger partial charge in [-0.2, -0.15) is 0 Å². The zero-order chi connectivity index (χ0) is 18.4. The molecule has 1 fully saturated rings. The molecule has 2 aromatic carbocycles. The van der Waals surface area contributed by atoms with Crippen LogP contribution in [-0.4, -0.2) is 49.1 Å². The van der Waals surface area contributed by atoms with E-state index in [0.29, 0.717) is 38.3 Å². The zero-order valence-corrected chi connectivity index (χ0v) is 15.0. The Morgan fingerprint density at radius 1 is 1.08 bits per heavy atom. The van der Waals surface area contributed by atoms with Gasteiger partial charge in [0.15, 0.2) is 0 Å². The fourth-order valence-corrected chi connectivity index (χ4v) is 3.08. The third-order valence-corrected chi connectivity index (χ3v) is 4.49. The predicted molar refractivity (Wildman–Crippen MR) is 100.0 cm³/mol. The van der Waals surface area contributed by atoms with Crippen molar-refractivity contribution >= 4 is 11.8 Å². The molecule has 136 valence electrons. The van der Waals surface area contributed by atoms with Crippen LogP contribution < -0.4 is 5.32 Å². The SMILES string of the molecule is Cc1cccc(C(=O)N[C@@H](Cc2ccccc2)C(=O)N2CCOCC2)c1. The minimum atomic E-state index is -0.594. The minimum absolute atomic E-state index is 0.0573. The molecule has 0 bridgehead atoms. The number of hydrogen-bond acceptors (Lipinski definition) is 3. The first-order chi connectivity index (χ1) is 12.6. The minimum Gasteiger partial charge on any atom is -0.378 e. The standard InChI is InChI=1S/C21H24N2O3/c1-16-6-5-9-18(14-16)20(24)22-19(15-17-7-3-2-4-8-17)21(25)23-10-12-26-13-11-23/h2-9,14,19H,10-13,15H2,1H3,(H,22,24)/t19-/m0/s1. The number of aryl methyl sites for hydroxylation is 1. The number of nitrogens with zero attached hydrogens (tertiary/aromatic N) is 1. The molecule has 2 amide bonds. The molecule has 5 heteroatoms. The molecule has 0 aliphatic carbocycles. The van der Waals surface area contributed by atoms with E-state index < -0.39 is 6.04 Å². The van der Waals surface area contributed by atoms with Gasteiger partial charge in [0.05, 0.1) is 13.2 Å². The van der Waals surface area contributed by atoms with Crippen molar-refractivity contribution in [2.24, 2.45) is 0 Å². The highest BCUT2D eigenvalue weighted by Crippen LogP contribution is 2.10. The highest BCUT2D eigenvalue weighted by atomic mass is 16.5. The Morgan fingerprint density at radius 3 is 2.50 bits per heavy atom. The Labute approximate surface area is 154 Å². The highest BCUT2D eigenvalue weighted by Gasteiger charge is 2.27. The van der Waals surface area contributed by atoms with Gasteiger partial charge in [-0.05, 0) is 24.6 Å². The summed E-state index contributed by atoms with van der Waals surface area (Å²) in [6, 6.07) is 16.5. The van der Waals surface area contributed by atoms with Crippen LogP contribution in [0.5, 0.6) is 0 Å². The average molecular weight is 352 g/mol. The summed E-state index contributed by atoms with van der Waals surface area (Å²) in [4.78, 5) is 27.4. The number of ether oxygens (including phenoxy) is 1. The first-order valence-corrected chi connectivity index (χ1v) is 8.91. The molecular weight excluding hydrogens is 328 g/mol. The fourth-order valence-electron chi connectivity index (χ4n) is 3.08. The smallest absolute Gasteiger partial charge is 0.251 e. The number of carbonyl (C=O) groups is 2. The van der Waals surface area contributed by atoms with E-state index in [2.05, 4.69) is 5.32 Å². The number of nitrogens with one attached hydrogen (secondary N) is 1. The van der Waals surface area contributed by atoms with E-state index in [4.69, 9.17) is 4.74 Å². The lowest BCUT2D eigenvalue weighted by molar-refractivity contribution is -0.137. The van der Waals surface area contributed by atoms with E-state index >= 15 is 0 Å². The summed E-state index contributed by atoms with van der Waals surface area (Å²) in [6.07, 6.45) is 0.467. The van der Waals surface area contributed by atoms with Gasteiger partial charge < -0.3 is 15.0 Å². The lowest BCUT2D eigenvalue weighted by atomic mass is 10.0. The van der Waals surface area contributed by atoms with Gasteiger partial charge in [0, 0.05) is 25.1 Å². The zero-order valence-electron chi connectivity index (χ0n) is 15.0. The molecule has 0 radical (unpaired) electrons. The average Bonchev–Trinajstić information content (AvgIpc) is 2.68. The maximum absolute atomic E-state index is 13.0. The van der Waals surface area contributed by atoms with Crippen LogP contribution in [-0.2, 0) is 16.0 Å². The molecule has 1 atom stereocenters. The molecular formula is C21H24N2O3. The van der Waals surface area contributed by atoms with Crippen molar-refractivity contribution < 1.29 is 14.3 Å². The summed E-state index contributed by atoms with van der Waals surface area (Å²) < 4.78 is 5.33. The summed E-state index contributed by atoms with van der Waals surface area (Å²) in [7, 11) is 0. The van der Waals surface area contributed by atoms with Crippen molar-refractivity contribution in [2.45, 2.75) is 19.4 Å². The van der Waals surface area contributed by atoms with E-state index in [9.17, 15) is 9.59 Å². The number of hydrogen-bond donors (Lipinski definition) is 1. The van der Waals surface area contributed by atoms with Crippen LogP contribution in [0, 0.1) is 6.92 Å². The lowest BCUT2D eigenvalue weighted by Gasteiger charge is -2.31. The van der Waals surface area contributed by atoms with Gasteiger partial charge in [-0.15, -0.1) is 0 Å². The van der Waals surface area contributed by atoms with Gasteiger partial charge in [0.2, 0.25) is 5.91 Å². The van der Waals surface area contributed by atoms with Crippen molar-refractivity contribution in [3.05, 3.63) is 71.3 Å². The summed E-state index contributed by atoms with van der Waals surface area (Å²) in [5, 5.41) is 2.94. The van der Waals surface area contributed by atoms with Gasteiger partial charge in [-0.1, -0.05) is 48.0 Å². The van der Waals surface area contributed by atoms with Crippen LogP contribution in [0.25, 0.3) is 0 Å². The van der Waals surface area contributed by atoms with Crippen LogP contribution in [0.2, 0.25) is 0 Å². The van der Waals surface area contributed by atoms with Gasteiger partial charge in [0.1, 0.15) is 6.04 Å². The molecule has 2 aromatic rings. The second-order valence-corrected chi connectivity index (χ2v) is 6.52. The first-order valence-electron chi connectivity index (χ1n) is 8.91. The number of morpholine rings is 1. The summed E-state index contributed by atoms with van der Waals surface area (Å²) in [6.45, 7) is 4.14. The Kier molecular flexibility index (Phi) is 6.02. The quantitative estimate of drug-likeness (QED) is 0.897. The molecule has 0 saturated carbocycles. The topological polar surface area (TPSA) is 58.6 Å². The molecule has 26 heavy (non-hydrogen) atoms. The highest BCUT2D eigenvalue weighted by molar-refractivity contribution is 5.97. The maximum atomic E-state index is 13.0. The third-order valence-electron chi connectivity index (χ3n) is 4.49. The molecule has 1 aliphatic rings. The van der Waals surface area contributed by atoms with E-state index in [1.165, 1.54) is 0 Å². The van der Waals surface area contributed by atoms with Gasteiger partial charge in [-0.25, -0.2) is 0 Å². The Morgan fingerprint density at radius 2 is 1.81 bits per heavy atom. The second-order valence-electron chi connectivity index (χ2n) is 6.52. The van der Waals surface area contributed by atoms with E-state index in [0.717, 1.165) is 11.1 Å². The molecule has 0 aromatic heterocycles. The van der Waals surface area contributed by atoms with Crippen molar-refractivity contribution in [1.29, 1.82) is 0 Å². The fraction of sp³-hybridized carbons (Fsp3) is 0.333. The van der Waals surface area contributed by atoms with Crippen molar-refractivity contribution in [2.75, 3.05) is 26.3 Å². The molecule has 0 spiro atoms. The van der Waals surface area contributed by atoms with Crippen LogP contribution in [0.15, 0.2) is 54.6 Å². The summed E-state index contributed by atoms with van der Waals surface area (Å²) in [5.74, 6) is -0.283. The van der Waals surface area contributed by atoms with E-state index in [-0.39, 0.29) is 11.8 Å². The summed E-state index contributed by atoms with van der Waals surface area (Å²) >= 11 is 0. The van der Waals surface area contributed by atoms with Gasteiger partial charge >= 0.3 is 0 Å². The molecule has 1 saturated heterocycles. The van der Waals surface area contributed by atoms with Crippen molar-refractivity contribution in [1.82, 2.24) is 10.2 Å². The molecule has 0 unspecified atom stereocenters. The molecule has 1 aliphatic heterocycles. The summed E-state index contributed by atoms with van der Waals surface area (Å²) in [5.41, 5.74) is 2.60. The monoisotopic (exact) mass is 352 g/mol. The Balaban J connectivity index is 1.77. The van der Waals surface area contributed by atoms with E-state index in [1.807, 2.05) is 55.5 Å². The largest absolute Gasteiger partial charge is 0.378 e. The van der Waals surface area contributed by atoms with Crippen LogP contribution in [0.3, 0.4) is 0 Å². The normalized spacial score (nSPS) is 15.3. The molecule has 5 nitrogen and oxygen atoms in total. The van der Waals surface area contributed by atoms with Gasteiger partial charge in [-0.3, -0.25) is 9.59 Å². The molecule has 3 rings (SSSR count). The van der Waals surface area contributed by atoms with Gasteiger partial charge in [0.25, 0.3) is 5.91 Å². The van der Waals surface area contributed by atoms with E-state index in [1.54, 1.807) is 11.0 Å². The molecule has 1 N–H and O–H groups in total. The Hall–Kier alpha value is -2.66. The number of amides is 2. The number of carbonyl (C=O) groups excluding carboxylic acids is 2.